The monoisotopic (exact) mass is 247 g/mol. The molecule has 0 saturated heterocycles. The van der Waals surface area contributed by atoms with E-state index in [1.165, 1.54) is 0 Å². The number of ether oxygens (including phenoxy) is 1. The van der Waals surface area contributed by atoms with Gasteiger partial charge in [0.25, 0.3) is 0 Å². The summed E-state index contributed by atoms with van der Waals surface area (Å²) in [5.41, 5.74) is 5.42. The van der Waals surface area contributed by atoms with Gasteiger partial charge in [-0.05, 0) is 25.5 Å². The second-order valence-corrected chi connectivity index (χ2v) is 4.32. The van der Waals surface area contributed by atoms with Crippen LogP contribution in [0.2, 0.25) is 0 Å². The van der Waals surface area contributed by atoms with Gasteiger partial charge in [0.2, 0.25) is 0 Å². The number of rotatable bonds is 6. The minimum atomic E-state index is -0.598. The second kappa shape index (κ2) is 6.70. The van der Waals surface area contributed by atoms with Crippen molar-refractivity contribution in [3.8, 4) is 0 Å². The van der Waals surface area contributed by atoms with Crippen LogP contribution in [0.1, 0.15) is 13.3 Å². The normalized spacial score (nSPS) is 10.7. The summed E-state index contributed by atoms with van der Waals surface area (Å²) in [5.74, 6) is -0.574. The largest absolute Gasteiger partial charge is 0.399 e. The van der Waals surface area contributed by atoms with E-state index in [0.29, 0.717) is 19.0 Å². The van der Waals surface area contributed by atoms with Crippen LogP contribution in [0.15, 0.2) is 17.0 Å². The van der Waals surface area contributed by atoms with Crippen LogP contribution in [-0.2, 0) is 4.74 Å². The molecule has 0 saturated carbocycles. The van der Waals surface area contributed by atoms with Crippen LogP contribution in [-0.4, -0.2) is 19.0 Å². The number of thioether (sulfide) groups is 1. The molecule has 0 aromatic heterocycles. The van der Waals surface area contributed by atoms with Crippen molar-refractivity contribution >= 4 is 17.4 Å². The van der Waals surface area contributed by atoms with E-state index in [-0.39, 0.29) is 10.6 Å². The molecule has 0 unspecified atom stereocenters. The Bertz CT molecular complexity index is 324. The van der Waals surface area contributed by atoms with Crippen molar-refractivity contribution in [3.63, 3.8) is 0 Å². The number of nitrogens with two attached hydrogens (primary N) is 1. The van der Waals surface area contributed by atoms with E-state index in [1.54, 1.807) is 0 Å². The van der Waals surface area contributed by atoms with Gasteiger partial charge in [-0.15, -0.1) is 11.8 Å². The summed E-state index contributed by atoms with van der Waals surface area (Å²) in [7, 11) is 0. The predicted molar refractivity (Wildman–Crippen MR) is 62.6 cm³/mol. The van der Waals surface area contributed by atoms with Gasteiger partial charge in [-0.2, -0.15) is 0 Å². The molecule has 0 aliphatic rings. The van der Waals surface area contributed by atoms with Crippen molar-refractivity contribution in [2.45, 2.75) is 18.2 Å². The highest BCUT2D eigenvalue weighted by atomic mass is 32.2. The second-order valence-electron chi connectivity index (χ2n) is 3.21. The summed E-state index contributed by atoms with van der Waals surface area (Å²) in [4.78, 5) is 0.0331. The molecule has 5 heteroatoms. The van der Waals surface area contributed by atoms with Crippen LogP contribution in [0.25, 0.3) is 0 Å². The fourth-order valence-corrected chi connectivity index (χ4v) is 2.06. The third kappa shape index (κ3) is 3.98. The van der Waals surface area contributed by atoms with E-state index in [9.17, 15) is 8.78 Å². The van der Waals surface area contributed by atoms with Crippen molar-refractivity contribution in [2.24, 2.45) is 0 Å². The number of anilines is 1. The Hall–Kier alpha value is -0.810. The quantitative estimate of drug-likeness (QED) is 0.476. The zero-order valence-electron chi connectivity index (χ0n) is 9.13. The van der Waals surface area contributed by atoms with Crippen LogP contribution < -0.4 is 5.73 Å². The van der Waals surface area contributed by atoms with Crippen LogP contribution in [0.3, 0.4) is 0 Å². The molecular formula is C11H15F2NOS. The fraction of sp³-hybridized carbons (Fsp3) is 0.455. The Kier molecular flexibility index (Phi) is 5.55. The van der Waals surface area contributed by atoms with E-state index in [1.807, 2.05) is 6.92 Å². The molecule has 0 heterocycles. The molecule has 0 radical (unpaired) electrons. The molecular weight excluding hydrogens is 232 g/mol. The third-order valence-corrected chi connectivity index (χ3v) is 3.08. The SMILES string of the molecule is CCOCCCSc1c(F)cc(N)cc1F. The Balaban J connectivity index is 2.47. The summed E-state index contributed by atoms with van der Waals surface area (Å²) in [5, 5.41) is 0. The van der Waals surface area contributed by atoms with E-state index in [2.05, 4.69) is 0 Å². The van der Waals surface area contributed by atoms with Gasteiger partial charge >= 0.3 is 0 Å². The highest BCUT2D eigenvalue weighted by molar-refractivity contribution is 7.99. The van der Waals surface area contributed by atoms with Crippen molar-refractivity contribution in [2.75, 3.05) is 24.7 Å². The molecule has 1 rings (SSSR count). The molecule has 1 aromatic carbocycles. The molecule has 0 atom stereocenters. The first kappa shape index (κ1) is 13.3. The highest BCUT2D eigenvalue weighted by Gasteiger charge is 2.10. The van der Waals surface area contributed by atoms with Crippen LogP contribution in [0.4, 0.5) is 14.5 Å². The van der Waals surface area contributed by atoms with E-state index in [4.69, 9.17) is 10.5 Å². The number of nitrogen functional groups attached to an aromatic ring is 1. The first-order valence-corrected chi connectivity index (χ1v) is 6.08. The molecule has 16 heavy (non-hydrogen) atoms. The maximum Gasteiger partial charge on any atom is 0.141 e. The van der Waals surface area contributed by atoms with Gasteiger partial charge in [0, 0.05) is 24.7 Å². The van der Waals surface area contributed by atoms with Crippen LogP contribution in [0.5, 0.6) is 0 Å². The standard InChI is InChI=1S/C11H15F2NOS/c1-2-15-4-3-5-16-11-9(12)6-8(14)7-10(11)13/h6-7H,2-5,14H2,1H3. The minimum absolute atomic E-state index is 0.0331. The molecule has 0 fully saturated rings. The van der Waals surface area contributed by atoms with Gasteiger partial charge in [-0.1, -0.05) is 0 Å². The zero-order chi connectivity index (χ0) is 12.0. The smallest absolute Gasteiger partial charge is 0.141 e. The van der Waals surface area contributed by atoms with Crippen LogP contribution in [0, 0.1) is 11.6 Å². The average molecular weight is 247 g/mol. The first-order chi connectivity index (χ1) is 7.65. The molecule has 0 spiro atoms. The molecule has 0 aliphatic heterocycles. The number of benzene rings is 1. The van der Waals surface area contributed by atoms with Crippen LogP contribution >= 0.6 is 11.8 Å². The number of hydrogen-bond acceptors (Lipinski definition) is 3. The lowest BCUT2D eigenvalue weighted by Gasteiger charge is -2.06. The van der Waals surface area contributed by atoms with Gasteiger partial charge in [-0.3, -0.25) is 0 Å². The topological polar surface area (TPSA) is 35.2 Å². The summed E-state index contributed by atoms with van der Waals surface area (Å²) in [6.45, 7) is 3.18. The molecule has 0 aliphatic carbocycles. The van der Waals surface area contributed by atoms with Gasteiger partial charge in [0.1, 0.15) is 11.6 Å². The van der Waals surface area contributed by atoms with Crippen molar-refractivity contribution < 1.29 is 13.5 Å². The molecule has 0 bridgehead atoms. The number of halogens is 2. The van der Waals surface area contributed by atoms with Gasteiger partial charge in [-0.25, -0.2) is 8.78 Å². The van der Waals surface area contributed by atoms with Crippen molar-refractivity contribution in [1.82, 2.24) is 0 Å². The Morgan fingerprint density at radius 2 is 1.94 bits per heavy atom. The molecule has 1 aromatic rings. The molecule has 2 nitrogen and oxygen atoms in total. The van der Waals surface area contributed by atoms with Crippen molar-refractivity contribution in [1.29, 1.82) is 0 Å². The van der Waals surface area contributed by atoms with Crippen molar-refractivity contribution in [3.05, 3.63) is 23.8 Å². The average Bonchev–Trinajstić information content (AvgIpc) is 2.20. The molecule has 0 amide bonds. The van der Waals surface area contributed by atoms with Gasteiger partial charge < -0.3 is 10.5 Å². The van der Waals surface area contributed by atoms with Gasteiger partial charge in [0.05, 0.1) is 4.90 Å². The lowest BCUT2D eigenvalue weighted by molar-refractivity contribution is 0.149. The van der Waals surface area contributed by atoms with Gasteiger partial charge in [0.15, 0.2) is 0 Å². The Morgan fingerprint density at radius 3 is 2.50 bits per heavy atom. The molecule has 2 N–H and O–H groups in total. The summed E-state index contributed by atoms with van der Waals surface area (Å²) in [6.07, 6.45) is 0.766. The Labute approximate surface area is 98.2 Å². The third-order valence-electron chi connectivity index (χ3n) is 1.90. The Morgan fingerprint density at radius 1 is 1.31 bits per heavy atom. The summed E-state index contributed by atoms with van der Waals surface area (Å²) >= 11 is 1.15. The summed E-state index contributed by atoms with van der Waals surface area (Å²) in [6, 6.07) is 2.27. The molecule has 90 valence electrons. The maximum absolute atomic E-state index is 13.3. The minimum Gasteiger partial charge on any atom is -0.399 e. The highest BCUT2D eigenvalue weighted by Crippen LogP contribution is 2.27. The summed E-state index contributed by atoms with van der Waals surface area (Å²) < 4.78 is 31.8. The lowest BCUT2D eigenvalue weighted by atomic mass is 10.3. The van der Waals surface area contributed by atoms with E-state index < -0.39 is 11.6 Å². The number of hydrogen-bond donors (Lipinski definition) is 1. The van der Waals surface area contributed by atoms with E-state index >= 15 is 0 Å². The maximum atomic E-state index is 13.3. The fourth-order valence-electron chi connectivity index (χ4n) is 1.20. The first-order valence-electron chi connectivity index (χ1n) is 5.10. The van der Waals surface area contributed by atoms with E-state index in [0.717, 1.165) is 30.3 Å². The predicted octanol–water partition coefficient (Wildman–Crippen LogP) is 3.07. The zero-order valence-corrected chi connectivity index (χ0v) is 9.95. The lowest BCUT2D eigenvalue weighted by Crippen LogP contribution is -1.97.